The fourth-order valence-corrected chi connectivity index (χ4v) is 3.90. The number of likely N-dealkylation sites (tertiary alicyclic amines) is 1. The molecule has 138 valence electrons. The smallest absolute Gasteiger partial charge is 0.410 e. The van der Waals surface area contributed by atoms with Crippen molar-refractivity contribution < 1.29 is 14.3 Å². The van der Waals surface area contributed by atoms with E-state index in [0.29, 0.717) is 35.7 Å². The van der Waals surface area contributed by atoms with Crippen molar-refractivity contribution in [2.45, 2.75) is 57.2 Å². The second-order valence-corrected chi connectivity index (χ2v) is 8.85. The quantitative estimate of drug-likeness (QED) is 0.660. The Morgan fingerprint density at radius 2 is 1.92 bits per heavy atom. The average Bonchev–Trinajstić information content (AvgIpc) is 2.93. The highest BCUT2D eigenvalue weighted by Gasteiger charge is 2.44. The summed E-state index contributed by atoms with van der Waals surface area (Å²) < 4.78 is 11.7. The summed E-state index contributed by atoms with van der Waals surface area (Å²) in [6, 6.07) is 5.80. The second-order valence-electron chi connectivity index (χ2n) is 8.04. The van der Waals surface area contributed by atoms with E-state index in [0.717, 1.165) is 19.3 Å². The van der Waals surface area contributed by atoms with Crippen LogP contribution < -0.4 is 0 Å². The molecule has 2 saturated heterocycles. The molecule has 1 spiro atoms. The number of rotatable bonds is 1. The molecule has 2 fully saturated rings. The molecule has 1 aromatic carbocycles. The molecule has 2 aliphatic heterocycles. The Hall–Kier alpha value is -0.970. The lowest BCUT2D eigenvalue weighted by Crippen LogP contribution is -2.47. The van der Waals surface area contributed by atoms with Crippen molar-refractivity contribution in [3.63, 3.8) is 0 Å². The number of carbonyl (C=O) groups excluding carboxylic acids is 1. The lowest BCUT2D eigenvalue weighted by Gasteiger charge is -2.39. The maximum absolute atomic E-state index is 12.2. The van der Waals surface area contributed by atoms with Gasteiger partial charge in [-0.3, -0.25) is 0 Å². The van der Waals surface area contributed by atoms with Crippen LogP contribution in [-0.4, -0.2) is 41.9 Å². The third kappa shape index (κ3) is 4.42. The highest BCUT2D eigenvalue weighted by Crippen LogP contribution is 2.43. The Kier molecular flexibility index (Phi) is 5.25. The Labute approximate surface area is 159 Å². The molecule has 0 saturated carbocycles. The van der Waals surface area contributed by atoms with Crippen LogP contribution in [0.15, 0.2) is 18.2 Å². The first-order valence-electron chi connectivity index (χ1n) is 8.74. The van der Waals surface area contributed by atoms with E-state index in [1.165, 1.54) is 5.56 Å². The zero-order valence-corrected chi connectivity index (χ0v) is 16.5. The highest BCUT2D eigenvalue weighted by molar-refractivity contribution is 6.42. The van der Waals surface area contributed by atoms with Crippen LogP contribution in [0.5, 0.6) is 0 Å². The van der Waals surface area contributed by atoms with E-state index in [1.807, 2.05) is 39.0 Å². The predicted octanol–water partition coefficient (Wildman–Crippen LogP) is 5.27. The molecule has 0 N–H and O–H groups in total. The molecule has 1 amide bonds. The lowest BCUT2D eigenvalue weighted by molar-refractivity contribution is -0.0485. The van der Waals surface area contributed by atoms with Gasteiger partial charge < -0.3 is 14.4 Å². The molecule has 25 heavy (non-hydrogen) atoms. The monoisotopic (exact) mass is 385 g/mol. The molecule has 2 heterocycles. The number of ether oxygens (including phenoxy) is 2. The molecule has 0 bridgehead atoms. The van der Waals surface area contributed by atoms with E-state index >= 15 is 0 Å². The number of benzene rings is 1. The van der Waals surface area contributed by atoms with E-state index in [-0.39, 0.29) is 11.7 Å². The van der Waals surface area contributed by atoms with E-state index in [4.69, 9.17) is 32.7 Å². The minimum Gasteiger partial charge on any atom is -0.444 e. The topological polar surface area (TPSA) is 38.8 Å². The third-order valence-electron chi connectivity index (χ3n) is 4.95. The molecule has 1 unspecified atom stereocenters. The van der Waals surface area contributed by atoms with Gasteiger partial charge in [0, 0.05) is 19.0 Å². The maximum Gasteiger partial charge on any atom is 0.410 e. The fourth-order valence-electron chi connectivity index (χ4n) is 3.60. The predicted molar refractivity (Wildman–Crippen MR) is 99.5 cm³/mol. The number of piperidine rings is 1. The number of hydrogen-bond acceptors (Lipinski definition) is 3. The summed E-state index contributed by atoms with van der Waals surface area (Å²) >= 11 is 12.2. The first-order chi connectivity index (χ1) is 11.7. The van der Waals surface area contributed by atoms with Crippen LogP contribution in [0.1, 0.15) is 51.5 Å². The van der Waals surface area contributed by atoms with Gasteiger partial charge in [0.05, 0.1) is 22.3 Å². The van der Waals surface area contributed by atoms with Gasteiger partial charge in [0.2, 0.25) is 0 Å². The van der Waals surface area contributed by atoms with Gasteiger partial charge in [-0.1, -0.05) is 29.3 Å². The molecule has 1 aromatic rings. The first-order valence-corrected chi connectivity index (χ1v) is 9.50. The average molecular weight is 386 g/mol. The summed E-state index contributed by atoms with van der Waals surface area (Å²) in [7, 11) is 0. The van der Waals surface area contributed by atoms with Crippen molar-refractivity contribution in [3.05, 3.63) is 33.8 Å². The minimum atomic E-state index is -0.463. The Balaban J connectivity index is 1.59. The van der Waals surface area contributed by atoms with Gasteiger partial charge >= 0.3 is 6.09 Å². The summed E-state index contributed by atoms with van der Waals surface area (Å²) in [5, 5.41) is 1.16. The van der Waals surface area contributed by atoms with Crippen molar-refractivity contribution >= 4 is 29.3 Å². The normalized spacial score (nSPS) is 23.1. The van der Waals surface area contributed by atoms with Gasteiger partial charge in [0.1, 0.15) is 5.60 Å². The number of carbonyl (C=O) groups is 1. The van der Waals surface area contributed by atoms with E-state index in [9.17, 15) is 4.79 Å². The largest absolute Gasteiger partial charge is 0.444 e. The molecule has 0 aromatic heterocycles. The van der Waals surface area contributed by atoms with Crippen molar-refractivity contribution in [1.82, 2.24) is 4.90 Å². The summed E-state index contributed by atoms with van der Waals surface area (Å²) in [6.07, 6.45) is 2.39. The highest BCUT2D eigenvalue weighted by atomic mass is 35.5. The molecule has 4 nitrogen and oxygen atoms in total. The first kappa shape index (κ1) is 18.8. The number of hydrogen-bond donors (Lipinski definition) is 0. The van der Waals surface area contributed by atoms with Gasteiger partial charge in [-0.2, -0.15) is 0 Å². The number of amides is 1. The second kappa shape index (κ2) is 6.98. The number of halogens is 2. The van der Waals surface area contributed by atoms with E-state index in [2.05, 4.69) is 0 Å². The van der Waals surface area contributed by atoms with Crippen LogP contribution in [0.2, 0.25) is 10.0 Å². The van der Waals surface area contributed by atoms with Crippen LogP contribution in [0.3, 0.4) is 0 Å². The SMILES string of the molecule is CC(C)(C)OC(=O)N1CCC2(CC1)CC(c1ccc(Cl)c(Cl)c1)CO2. The number of nitrogens with zero attached hydrogens (tertiary/aromatic N) is 1. The van der Waals surface area contributed by atoms with Crippen molar-refractivity contribution in [2.24, 2.45) is 0 Å². The molecule has 6 heteroatoms. The Morgan fingerprint density at radius 1 is 1.24 bits per heavy atom. The molecule has 3 rings (SSSR count). The summed E-state index contributed by atoms with van der Waals surface area (Å²) in [6.45, 7) is 7.69. The van der Waals surface area contributed by atoms with Gasteiger partial charge in [0.15, 0.2) is 0 Å². The Bertz CT molecular complexity index is 649. The molecular formula is C19H25Cl2NO3. The van der Waals surface area contributed by atoms with Crippen molar-refractivity contribution in [1.29, 1.82) is 0 Å². The molecule has 1 atom stereocenters. The molecular weight excluding hydrogens is 361 g/mol. The van der Waals surface area contributed by atoms with Gasteiger partial charge in [-0.05, 0) is 57.7 Å². The van der Waals surface area contributed by atoms with Gasteiger partial charge in [-0.15, -0.1) is 0 Å². The van der Waals surface area contributed by atoms with Crippen molar-refractivity contribution in [2.75, 3.05) is 19.7 Å². The van der Waals surface area contributed by atoms with E-state index < -0.39 is 5.60 Å². The van der Waals surface area contributed by atoms with Gasteiger partial charge in [-0.25, -0.2) is 4.79 Å². The maximum atomic E-state index is 12.2. The zero-order valence-electron chi connectivity index (χ0n) is 15.0. The standard InChI is InChI=1S/C19H25Cl2NO3/c1-18(2,3)25-17(23)22-8-6-19(7-9-22)11-14(12-24-19)13-4-5-15(20)16(21)10-13/h4-5,10,14H,6-9,11-12H2,1-3H3. The van der Waals surface area contributed by atoms with Crippen LogP contribution in [0.25, 0.3) is 0 Å². The zero-order chi connectivity index (χ0) is 18.2. The van der Waals surface area contributed by atoms with Gasteiger partial charge in [0.25, 0.3) is 0 Å². The van der Waals surface area contributed by atoms with Crippen LogP contribution in [-0.2, 0) is 9.47 Å². The summed E-state index contributed by atoms with van der Waals surface area (Å²) in [4.78, 5) is 14.0. The lowest BCUT2D eigenvalue weighted by atomic mass is 9.83. The van der Waals surface area contributed by atoms with E-state index in [1.54, 1.807) is 4.90 Å². The summed E-state index contributed by atoms with van der Waals surface area (Å²) in [5.74, 6) is 0.322. The molecule has 0 aliphatic carbocycles. The minimum absolute atomic E-state index is 0.144. The Morgan fingerprint density at radius 3 is 2.52 bits per heavy atom. The summed E-state index contributed by atoms with van der Waals surface area (Å²) in [5.41, 5.74) is 0.561. The van der Waals surface area contributed by atoms with Crippen LogP contribution >= 0.6 is 23.2 Å². The molecule has 2 aliphatic rings. The van der Waals surface area contributed by atoms with Crippen molar-refractivity contribution in [3.8, 4) is 0 Å². The fraction of sp³-hybridized carbons (Fsp3) is 0.632. The van der Waals surface area contributed by atoms with Crippen LogP contribution in [0, 0.1) is 0 Å². The molecule has 0 radical (unpaired) electrons. The van der Waals surface area contributed by atoms with Crippen LogP contribution in [0.4, 0.5) is 4.79 Å². The third-order valence-corrected chi connectivity index (χ3v) is 5.69.